The number of hydrogen-bond acceptors (Lipinski definition) is 6. The Bertz CT molecular complexity index is 1060. The second-order valence-electron chi connectivity index (χ2n) is 6.50. The molecule has 0 atom stereocenters. The smallest absolute Gasteiger partial charge is 0.263 e. The molecule has 0 radical (unpaired) electrons. The van der Waals surface area contributed by atoms with Gasteiger partial charge in [0.1, 0.15) is 11.0 Å². The van der Waals surface area contributed by atoms with E-state index in [1.807, 2.05) is 51.1 Å². The largest absolute Gasteiger partial charge is 0.358 e. The van der Waals surface area contributed by atoms with Crippen LogP contribution in [0.1, 0.15) is 25.0 Å². The van der Waals surface area contributed by atoms with Gasteiger partial charge in [-0.05, 0) is 44.5 Å². The lowest BCUT2D eigenvalue weighted by molar-refractivity contribution is 0.340. The number of para-hydroxylation sites is 1. The molecule has 0 aromatic heterocycles. The number of nitrogens with zero attached hydrogens (tertiary/aromatic N) is 3. The van der Waals surface area contributed by atoms with E-state index in [0.717, 1.165) is 16.8 Å². The Morgan fingerprint density at radius 1 is 1.15 bits per heavy atom. The lowest BCUT2D eigenvalue weighted by Gasteiger charge is -2.20. The van der Waals surface area contributed by atoms with Gasteiger partial charge in [-0.3, -0.25) is 4.28 Å². The number of rotatable bonds is 4. The molecular formula is C19H17N3O3S. The predicted octanol–water partition coefficient (Wildman–Crippen LogP) is 3.64. The van der Waals surface area contributed by atoms with E-state index in [2.05, 4.69) is 10.1 Å². The van der Waals surface area contributed by atoms with E-state index in [4.69, 9.17) is 4.28 Å². The molecule has 0 aliphatic carbocycles. The summed E-state index contributed by atoms with van der Waals surface area (Å²) in [4.78, 5) is 4.42. The minimum atomic E-state index is -4.11. The summed E-state index contributed by atoms with van der Waals surface area (Å²) >= 11 is 0. The van der Waals surface area contributed by atoms with Crippen LogP contribution in [0.25, 0.3) is 0 Å². The molecule has 0 bridgehead atoms. The van der Waals surface area contributed by atoms with Crippen LogP contribution in [0.5, 0.6) is 0 Å². The monoisotopic (exact) mass is 367 g/mol. The van der Waals surface area contributed by atoms with Crippen molar-refractivity contribution < 1.29 is 12.7 Å². The first-order valence-corrected chi connectivity index (χ1v) is 9.34. The van der Waals surface area contributed by atoms with Gasteiger partial charge in [0.15, 0.2) is 0 Å². The fourth-order valence-electron chi connectivity index (χ4n) is 2.79. The van der Waals surface area contributed by atoms with E-state index in [1.165, 1.54) is 12.1 Å². The van der Waals surface area contributed by atoms with Crippen molar-refractivity contribution in [2.24, 2.45) is 10.1 Å². The van der Waals surface area contributed by atoms with Gasteiger partial charge >= 0.3 is 10.1 Å². The number of oxime groups is 1. The molecule has 1 heterocycles. The van der Waals surface area contributed by atoms with Crippen molar-refractivity contribution in [2.75, 3.05) is 0 Å². The average Bonchev–Trinajstić information content (AvgIpc) is 2.87. The Kier molecular flexibility index (Phi) is 4.38. The third-order valence-corrected chi connectivity index (χ3v) is 5.39. The molecule has 0 saturated heterocycles. The van der Waals surface area contributed by atoms with Crippen molar-refractivity contribution in [1.82, 2.24) is 0 Å². The van der Waals surface area contributed by atoms with Gasteiger partial charge in [0.25, 0.3) is 0 Å². The van der Waals surface area contributed by atoms with Crippen LogP contribution >= 0.6 is 0 Å². The second-order valence-corrected chi connectivity index (χ2v) is 8.02. The highest BCUT2D eigenvalue weighted by atomic mass is 32.2. The molecule has 2 aromatic rings. The Hall–Kier alpha value is -2.98. The van der Waals surface area contributed by atoms with Gasteiger partial charge in [-0.25, -0.2) is 4.99 Å². The molecule has 0 spiro atoms. The zero-order valence-corrected chi connectivity index (χ0v) is 15.4. The first-order valence-electron chi connectivity index (χ1n) is 7.93. The molecule has 0 unspecified atom stereocenters. The molecule has 0 saturated carbocycles. The van der Waals surface area contributed by atoms with Crippen LogP contribution in [-0.2, 0) is 19.8 Å². The van der Waals surface area contributed by atoms with Crippen LogP contribution in [0.4, 0.5) is 5.69 Å². The molecule has 132 valence electrons. The molecule has 0 N–H and O–H groups in total. The van der Waals surface area contributed by atoms with Crippen LogP contribution in [0.2, 0.25) is 0 Å². The summed E-state index contributed by atoms with van der Waals surface area (Å²) in [6, 6.07) is 15.6. The van der Waals surface area contributed by atoms with Gasteiger partial charge in [0, 0.05) is 5.41 Å². The molecule has 0 amide bonds. The third kappa shape index (κ3) is 3.11. The van der Waals surface area contributed by atoms with Gasteiger partial charge in [-0.2, -0.15) is 13.7 Å². The van der Waals surface area contributed by atoms with E-state index in [9.17, 15) is 13.7 Å². The summed E-state index contributed by atoms with van der Waals surface area (Å²) in [5.41, 5.74) is 2.23. The van der Waals surface area contributed by atoms with Crippen LogP contribution in [0.3, 0.4) is 0 Å². The second kappa shape index (κ2) is 6.39. The number of aliphatic imine (C=N–C) groups is 1. The standard InChI is InChI=1S/C19H17N3O3S/c1-13-8-10-14(11-9-13)26(23,24)25-22-17(12-20)18-19(2,3)15-6-4-5-7-16(15)21-18/h4-11H,1-3H3/b22-17+. The van der Waals surface area contributed by atoms with Crippen LogP contribution < -0.4 is 0 Å². The summed E-state index contributed by atoms with van der Waals surface area (Å²) in [7, 11) is -4.11. The normalized spacial score (nSPS) is 15.8. The average molecular weight is 367 g/mol. The molecule has 26 heavy (non-hydrogen) atoms. The van der Waals surface area contributed by atoms with Crippen LogP contribution in [0.15, 0.2) is 63.6 Å². The van der Waals surface area contributed by atoms with Crippen molar-refractivity contribution in [3.8, 4) is 6.07 Å². The Balaban J connectivity index is 1.93. The molecule has 2 aromatic carbocycles. The molecule has 0 fully saturated rings. The van der Waals surface area contributed by atoms with Gasteiger partial charge in [0.2, 0.25) is 5.71 Å². The Morgan fingerprint density at radius 3 is 2.42 bits per heavy atom. The quantitative estimate of drug-likeness (QED) is 0.609. The lowest BCUT2D eigenvalue weighted by Crippen LogP contribution is -2.32. The number of fused-ring (bicyclic) bond motifs is 1. The maximum Gasteiger partial charge on any atom is 0.358 e. The number of hydrogen-bond donors (Lipinski definition) is 0. The molecule has 6 nitrogen and oxygen atoms in total. The third-order valence-electron chi connectivity index (χ3n) is 4.27. The number of aryl methyl sites for hydroxylation is 1. The van der Waals surface area contributed by atoms with Gasteiger partial charge < -0.3 is 0 Å². The number of benzene rings is 2. The van der Waals surface area contributed by atoms with E-state index in [0.29, 0.717) is 5.71 Å². The minimum absolute atomic E-state index is 0.0277. The van der Waals surface area contributed by atoms with Crippen molar-refractivity contribution in [2.45, 2.75) is 31.1 Å². The van der Waals surface area contributed by atoms with Crippen LogP contribution in [0, 0.1) is 18.3 Å². The summed E-state index contributed by atoms with van der Waals surface area (Å²) in [6.45, 7) is 5.65. The highest BCUT2D eigenvalue weighted by Gasteiger charge is 2.38. The zero-order chi connectivity index (χ0) is 18.9. The van der Waals surface area contributed by atoms with E-state index in [-0.39, 0.29) is 10.6 Å². The first kappa shape index (κ1) is 17.8. The van der Waals surface area contributed by atoms with E-state index >= 15 is 0 Å². The fourth-order valence-corrected chi connectivity index (χ4v) is 3.52. The first-order chi connectivity index (χ1) is 12.3. The van der Waals surface area contributed by atoms with Crippen LogP contribution in [-0.4, -0.2) is 19.8 Å². The zero-order valence-electron chi connectivity index (χ0n) is 14.6. The van der Waals surface area contributed by atoms with E-state index in [1.54, 1.807) is 12.1 Å². The predicted molar refractivity (Wildman–Crippen MR) is 99.1 cm³/mol. The number of nitriles is 1. The highest BCUT2D eigenvalue weighted by molar-refractivity contribution is 7.86. The highest BCUT2D eigenvalue weighted by Crippen LogP contribution is 2.40. The van der Waals surface area contributed by atoms with Gasteiger partial charge in [-0.1, -0.05) is 41.1 Å². The minimum Gasteiger partial charge on any atom is -0.263 e. The SMILES string of the molecule is Cc1ccc(S(=O)(=O)O/N=C(\C#N)C2=Nc3ccccc3C2(C)C)cc1. The fraction of sp³-hybridized carbons (Fsp3) is 0.211. The van der Waals surface area contributed by atoms with Gasteiger partial charge in [-0.15, -0.1) is 0 Å². The van der Waals surface area contributed by atoms with Gasteiger partial charge in [0.05, 0.1) is 11.4 Å². The maximum atomic E-state index is 12.3. The lowest BCUT2D eigenvalue weighted by atomic mass is 9.80. The Labute approximate surface area is 152 Å². The van der Waals surface area contributed by atoms with Crippen molar-refractivity contribution in [3.05, 3.63) is 59.7 Å². The molecule has 3 rings (SSSR count). The maximum absolute atomic E-state index is 12.3. The molecular weight excluding hydrogens is 350 g/mol. The summed E-state index contributed by atoms with van der Waals surface area (Å²) in [5, 5.41) is 13.1. The molecule has 1 aliphatic heterocycles. The van der Waals surface area contributed by atoms with Crippen molar-refractivity contribution in [3.63, 3.8) is 0 Å². The van der Waals surface area contributed by atoms with E-state index < -0.39 is 15.5 Å². The molecule has 1 aliphatic rings. The summed E-state index contributed by atoms with van der Waals surface area (Å²) < 4.78 is 29.3. The molecule has 7 heteroatoms. The van der Waals surface area contributed by atoms with Crippen molar-refractivity contribution in [1.29, 1.82) is 5.26 Å². The topological polar surface area (TPSA) is 91.9 Å². The summed E-state index contributed by atoms with van der Waals surface area (Å²) in [5.74, 6) is 0. The summed E-state index contributed by atoms with van der Waals surface area (Å²) in [6.07, 6.45) is 0. The Morgan fingerprint density at radius 2 is 1.81 bits per heavy atom. The van der Waals surface area contributed by atoms with Crippen molar-refractivity contribution >= 4 is 27.2 Å².